The molecule has 1 unspecified atom stereocenters. The second kappa shape index (κ2) is 8.08. The van der Waals surface area contributed by atoms with E-state index in [0.717, 1.165) is 6.07 Å². The SMILES string of the molecule is CCOP(=O)(O)Cc1nnc2c(=O)[nH]c3cc(C(F)(F)F)c(-n4ccnc4C(C)C)cc3n12. The van der Waals surface area contributed by atoms with E-state index >= 15 is 0 Å². The Bertz CT molecular complexity index is 1460. The zero-order valence-electron chi connectivity index (χ0n) is 17.8. The van der Waals surface area contributed by atoms with Crippen LogP contribution in [-0.4, -0.2) is 40.6 Å². The van der Waals surface area contributed by atoms with Crippen LogP contribution < -0.4 is 5.56 Å². The topological polar surface area (TPSA) is 127 Å². The molecule has 1 aromatic carbocycles. The van der Waals surface area contributed by atoms with Crippen molar-refractivity contribution < 1.29 is 27.2 Å². The summed E-state index contributed by atoms with van der Waals surface area (Å²) in [6, 6.07) is 2.05. The van der Waals surface area contributed by atoms with Gasteiger partial charge in [-0.1, -0.05) is 13.8 Å². The summed E-state index contributed by atoms with van der Waals surface area (Å²) in [7, 11) is -4.13. The van der Waals surface area contributed by atoms with Crippen LogP contribution in [0, 0.1) is 0 Å². The van der Waals surface area contributed by atoms with Crippen LogP contribution in [0.2, 0.25) is 0 Å². The highest BCUT2D eigenvalue weighted by Crippen LogP contribution is 2.45. The molecule has 0 aliphatic carbocycles. The lowest BCUT2D eigenvalue weighted by molar-refractivity contribution is -0.137. The minimum atomic E-state index is -4.74. The zero-order valence-corrected chi connectivity index (χ0v) is 18.7. The van der Waals surface area contributed by atoms with Crippen LogP contribution in [0.1, 0.15) is 43.9 Å². The molecule has 14 heteroatoms. The first kappa shape index (κ1) is 23.1. The Hall–Kier alpha value is -3.02. The molecule has 4 aromatic rings. The molecule has 0 radical (unpaired) electrons. The van der Waals surface area contributed by atoms with Gasteiger partial charge in [0.25, 0.3) is 5.56 Å². The van der Waals surface area contributed by atoms with E-state index in [9.17, 15) is 27.4 Å². The molecule has 10 nitrogen and oxygen atoms in total. The molecule has 2 N–H and O–H groups in total. The normalized spacial score (nSPS) is 14.4. The van der Waals surface area contributed by atoms with Gasteiger partial charge in [0.05, 0.1) is 28.9 Å². The van der Waals surface area contributed by atoms with Crippen LogP contribution in [0.5, 0.6) is 0 Å². The summed E-state index contributed by atoms with van der Waals surface area (Å²) in [5, 5.41) is 7.58. The Kier molecular flexibility index (Phi) is 5.67. The number of nitrogens with zero attached hydrogens (tertiary/aromatic N) is 5. The van der Waals surface area contributed by atoms with Crippen molar-refractivity contribution in [2.24, 2.45) is 0 Å². The number of rotatable bonds is 6. The quantitative estimate of drug-likeness (QED) is 0.400. The van der Waals surface area contributed by atoms with Crippen molar-refractivity contribution in [2.45, 2.75) is 39.0 Å². The molecular formula is C19H20F3N6O4P. The van der Waals surface area contributed by atoms with E-state index in [1.165, 1.54) is 34.4 Å². The number of nitrogens with one attached hydrogen (secondary N) is 1. The maximum Gasteiger partial charge on any atom is 0.418 e. The van der Waals surface area contributed by atoms with Crippen molar-refractivity contribution in [1.82, 2.24) is 29.1 Å². The predicted molar refractivity (Wildman–Crippen MR) is 112 cm³/mol. The summed E-state index contributed by atoms with van der Waals surface area (Å²) in [5.74, 6) is 0.130. The molecule has 0 spiro atoms. The van der Waals surface area contributed by atoms with Crippen LogP contribution >= 0.6 is 7.60 Å². The lowest BCUT2D eigenvalue weighted by atomic mass is 10.1. The molecule has 3 aromatic heterocycles. The monoisotopic (exact) mass is 484 g/mol. The lowest BCUT2D eigenvalue weighted by Gasteiger charge is -2.18. The van der Waals surface area contributed by atoms with Crippen molar-refractivity contribution in [3.05, 3.63) is 52.1 Å². The Morgan fingerprint density at radius 1 is 1.27 bits per heavy atom. The largest absolute Gasteiger partial charge is 0.418 e. The molecule has 1 atom stereocenters. The summed E-state index contributed by atoms with van der Waals surface area (Å²) in [5.41, 5.74) is -2.25. The Morgan fingerprint density at radius 2 is 2.00 bits per heavy atom. The molecule has 176 valence electrons. The summed E-state index contributed by atoms with van der Waals surface area (Å²) >= 11 is 0. The third-order valence-electron chi connectivity index (χ3n) is 4.96. The van der Waals surface area contributed by atoms with E-state index in [2.05, 4.69) is 20.2 Å². The van der Waals surface area contributed by atoms with Gasteiger partial charge in [-0.15, -0.1) is 10.2 Å². The zero-order chi connectivity index (χ0) is 24.1. The fourth-order valence-electron chi connectivity index (χ4n) is 3.66. The predicted octanol–water partition coefficient (Wildman–Crippen LogP) is 3.62. The molecular weight excluding hydrogens is 464 g/mol. The average molecular weight is 484 g/mol. The van der Waals surface area contributed by atoms with E-state index in [4.69, 9.17) is 4.52 Å². The first-order chi connectivity index (χ1) is 15.4. The van der Waals surface area contributed by atoms with Crippen molar-refractivity contribution >= 4 is 24.3 Å². The number of imidazole rings is 1. The fourth-order valence-corrected chi connectivity index (χ4v) is 4.71. The van der Waals surface area contributed by atoms with Gasteiger partial charge >= 0.3 is 13.8 Å². The number of H-pyrrole nitrogens is 1. The third-order valence-corrected chi connectivity index (χ3v) is 6.30. The Labute approximate surface area is 184 Å². The van der Waals surface area contributed by atoms with Gasteiger partial charge in [-0.2, -0.15) is 13.2 Å². The lowest BCUT2D eigenvalue weighted by Crippen LogP contribution is -2.16. The van der Waals surface area contributed by atoms with Crippen LogP contribution in [0.3, 0.4) is 0 Å². The summed E-state index contributed by atoms with van der Waals surface area (Å²) < 4.78 is 61.7. The first-order valence-corrected chi connectivity index (χ1v) is 11.7. The van der Waals surface area contributed by atoms with Gasteiger partial charge in [0.15, 0.2) is 0 Å². The first-order valence-electron chi connectivity index (χ1n) is 9.94. The standard InChI is InChI=1S/C19H20F3N6O4P/c1-4-32-33(30,31)9-15-25-26-17-18(29)24-12-7-11(19(20,21)22)13(8-14(12)28(15)17)27-6-5-23-16(27)10(2)3/h5-8,10H,4,9H2,1-3H3,(H,24,29)(H,30,31). The highest BCUT2D eigenvalue weighted by molar-refractivity contribution is 7.51. The molecule has 0 amide bonds. The second-order valence-corrected chi connectivity index (χ2v) is 9.49. The van der Waals surface area contributed by atoms with E-state index in [1.807, 2.05) is 0 Å². The molecule has 0 saturated carbocycles. The third kappa shape index (κ3) is 4.19. The van der Waals surface area contributed by atoms with Crippen LogP contribution in [0.4, 0.5) is 13.2 Å². The second-order valence-electron chi connectivity index (χ2n) is 7.64. The molecule has 0 saturated heterocycles. The molecule has 3 heterocycles. The Morgan fingerprint density at radius 3 is 2.64 bits per heavy atom. The Balaban J connectivity index is 2.08. The van der Waals surface area contributed by atoms with E-state index in [0.29, 0.717) is 5.82 Å². The maximum absolute atomic E-state index is 14.0. The number of aromatic nitrogens is 6. The van der Waals surface area contributed by atoms with Gasteiger partial charge < -0.3 is 19.0 Å². The van der Waals surface area contributed by atoms with E-state index in [-0.39, 0.29) is 40.7 Å². The minimum Gasteiger partial charge on any atom is -0.324 e. The summed E-state index contributed by atoms with van der Waals surface area (Å²) in [6.07, 6.45) is -2.51. The number of alkyl halides is 3. The highest BCUT2D eigenvalue weighted by Gasteiger charge is 2.36. The molecule has 0 aliphatic rings. The molecule has 4 rings (SSSR count). The number of hydrogen-bond acceptors (Lipinski definition) is 6. The van der Waals surface area contributed by atoms with Crippen molar-refractivity contribution in [3.63, 3.8) is 0 Å². The molecule has 0 bridgehead atoms. The van der Waals surface area contributed by atoms with Crippen LogP contribution in [-0.2, 0) is 21.4 Å². The summed E-state index contributed by atoms with van der Waals surface area (Å²) in [6.45, 7) is 5.09. The van der Waals surface area contributed by atoms with Crippen molar-refractivity contribution in [2.75, 3.05) is 6.61 Å². The number of benzene rings is 1. The fraction of sp³-hybridized carbons (Fsp3) is 0.368. The summed E-state index contributed by atoms with van der Waals surface area (Å²) in [4.78, 5) is 29.1. The molecule has 33 heavy (non-hydrogen) atoms. The number of hydrogen-bond donors (Lipinski definition) is 2. The van der Waals surface area contributed by atoms with Gasteiger partial charge in [0.1, 0.15) is 17.8 Å². The van der Waals surface area contributed by atoms with Crippen molar-refractivity contribution in [1.29, 1.82) is 0 Å². The van der Waals surface area contributed by atoms with Gasteiger partial charge in [-0.3, -0.25) is 13.8 Å². The minimum absolute atomic E-state index is 0.0382. The average Bonchev–Trinajstić information content (AvgIpc) is 3.34. The van der Waals surface area contributed by atoms with E-state index < -0.39 is 31.1 Å². The maximum atomic E-state index is 14.0. The van der Waals surface area contributed by atoms with E-state index in [1.54, 1.807) is 13.8 Å². The van der Waals surface area contributed by atoms with Gasteiger partial charge in [-0.25, -0.2) is 4.98 Å². The highest BCUT2D eigenvalue weighted by atomic mass is 31.2. The number of aromatic amines is 1. The van der Waals surface area contributed by atoms with Crippen molar-refractivity contribution in [3.8, 4) is 5.69 Å². The molecule has 0 aliphatic heterocycles. The van der Waals surface area contributed by atoms with Gasteiger partial charge in [0.2, 0.25) is 5.65 Å². The number of fused-ring (bicyclic) bond motifs is 3. The number of halogens is 3. The van der Waals surface area contributed by atoms with Gasteiger partial charge in [-0.05, 0) is 19.1 Å². The van der Waals surface area contributed by atoms with Gasteiger partial charge in [0, 0.05) is 18.3 Å². The van der Waals surface area contributed by atoms with Crippen LogP contribution in [0.25, 0.3) is 22.4 Å². The van der Waals surface area contributed by atoms with Crippen LogP contribution in [0.15, 0.2) is 29.3 Å². The smallest absolute Gasteiger partial charge is 0.324 e. The molecule has 0 fully saturated rings.